The summed E-state index contributed by atoms with van der Waals surface area (Å²) >= 11 is 2.73. The fourth-order valence-electron chi connectivity index (χ4n) is 3.83. The summed E-state index contributed by atoms with van der Waals surface area (Å²) in [7, 11) is 0. The second kappa shape index (κ2) is 8.82. The van der Waals surface area contributed by atoms with Gasteiger partial charge in [-0.3, -0.25) is 0 Å². The third-order valence-electron chi connectivity index (χ3n) is 5.09. The van der Waals surface area contributed by atoms with E-state index >= 15 is 0 Å². The molecule has 3 heterocycles. The Morgan fingerprint density at radius 3 is 2.24 bits per heavy atom. The van der Waals surface area contributed by atoms with Gasteiger partial charge in [-0.25, -0.2) is 4.79 Å². The number of hydrogen-bond acceptors (Lipinski definition) is 10. The molecule has 0 aromatic carbocycles. The largest absolute Gasteiger partial charge is 0.464 e. The maximum absolute atomic E-state index is 12.9. The Hall–Kier alpha value is -0.0700. The van der Waals surface area contributed by atoms with Crippen LogP contribution in [0, 0.1) is 0 Å². The zero-order chi connectivity index (χ0) is 21.4. The number of esters is 1. The van der Waals surface area contributed by atoms with E-state index in [1.807, 2.05) is 0 Å². The Morgan fingerprint density at radius 1 is 1.07 bits per heavy atom. The Balaban J connectivity index is 1.85. The van der Waals surface area contributed by atoms with E-state index in [0.29, 0.717) is 0 Å². The van der Waals surface area contributed by atoms with Crippen molar-refractivity contribution in [1.82, 2.24) is 0 Å². The fourth-order valence-corrected chi connectivity index (χ4v) is 6.99. The average Bonchev–Trinajstić information content (AvgIpc) is 3.19. The molecule has 0 spiro atoms. The van der Waals surface area contributed by atoms with Crippen LogP contribution in [0.1, 0.15) is 41.0 Å². The van der Waals surface area contributed by atoms with Gasteiger partial charge in [-0.1, -0.05) is 0 Å². The molecule has 3 saturated heterocycles. The predicted octanol–water partition coefficient (Wildman–Crippen LogP) is 1.51. The maximum atomic E-state index is 12.9. The lowest BCUT2D eigenvalue weighted by Gasteiger charge is -2.40. The van der Waals surface area contributed by atoms with Crippen molar-refractivity contribution >= 4 is 29.5 Å². The molecule has 0 aliphatic carbocycles. The van der Waals surface area contributed by atoms with Crippen molar-refractivity contribution in [3.05, 3.63) is 0 Å². The van der Waals surface area contributed by atoms with Gasteiger partial charge in [0, 0.05) is 0 Å². The van der Waals surface area contributed by atoms with Crippen LogP contribution < -0.4 is 0 Å². The summed E-state index contributed by atoms with van der Waals surface area (Å²) in [5.41, 5.74) is 0. The van der Waals surface area contributed by atoms with Crippen LogP contribution in [0.3, 0.4) is 0 Å². The molecule has 0 aromatic rings. The summed E-state index contributed by atoms with van der Waals surface area (Å²) in [4.78, 5) is 12.9. The van der Waals surface area contributed by atoms with E-state index < -0.39 is 52.1 Å². The van der Waals surface area contributed by atoms with Gasteiger partial charge in [-0.15, -0.1) is 23.5 Å². The lowest BCUT2D eigenvalue weighted by atomic mass is 9.97. The lowest BCUT2D eigenvalue weighted by molar-refractivity contribution is -0.179. The van der Waals surface area contributed by atoms with Gasteiger partial charge < -0.3 is 33.9 Å². The number of hydrogen-bond donors (Lipinski definition) is 2. The van der Waals surface area contributed by atoms with Gasteiger partial charge in [0.1, 0.15) is 30.5 Å². The molecule has 0 aromatic heterocycles. The molecule has 2 N–H and O–H groups in total. The molecule has 10 heteroatoms. The monoisotopic (exact) mass is 452 g/mol. The van der Waals surface area contributed by atoms with E-state index in [1.165, 1.54) is 23.5 Å². The van der Waals surface area contributed by atoms with Gasteiger partial charge in [0.2, 0.25) is 0 Å². The van der Waals surface area contributed by atoms with Crippen molar-refractivity contribution in [2.24, 2.45) is 0 Å². The zero-order valence-electron chi connectivity index (χ0n) is 17.6. The molecular weight excluding hydrogens is 420 g/mol. The summed E-state index contributed by atoms with van der Waals surface area (Å²) in [5, 5.41) is 22.4. The molecule has 3 aliphatic heterocycles. The molecule has 29 heavy (non-hydrogen) atoms. The standard InChI is InChI=1S/C19H32O8S2/c1-6-23-16(22)19(28-8-7-9-29-19)15(21)14-13(26-18(4,5)27-14)12(20)11-10-24-17(2,3)25-11/h11-15,20-21H,6-10H2,1-5H3/t11-,12-,13-,14+,15-/m1/s1. The van der Waals surface area contributed by atoms with Crippen molar-refractivity contribution < 1.29 is 38.7 Å². The highest BCUT2D eigenvalue weighted by Gasteiger charge is 2.60. The number of ether oxygens (including phenoxy) is 5. The number of thioether (sulfide) groups is 2. The molecule has 0 radical (unpaired) electrons. The molecule has 3 fully saturated rings. The minimum absolute atomic E-state index is 0.198. The van der Waals surface area contributed by atoms with Crippen LogP contribution in [0.4, 0.5) is 0 Å². The van der Waals surface area contributed by atoms with Crippen molar-refractivity contribution in [3.63, 3.8) is 0 Å². The van der Waals surface area contributed by atoms with Crippen LogP contribution in [0.25, 0.3) is 0 Å². The Labute approximate surface area is 180 Å². The fraction of sp³-hybridized carbons (Fsp3) is 0.947. The van der Waals surface area contributed by atoms with Crippen LogP contribution >= 0.6 is 23.5 Å². The summed E-state index contributed by atoms with van der Waals surface area (Å²) in [6.07, 6.45) is -3.87. The number of rotatable bonds is 6. The first-order valence-electron chi connectivity index (χ1n) is 10.00. The van der Waals surface area contributed by atoms with Gasteiger partial charge in [-0.05, 0) is 52.5 Å². The summed E-state index contributed by atoms with van der Waals surface area (Å²) in [5.74, 6) is -0.880. The molecule has 0 amide bonds. The molecule has 0 bridgehead atoms. The lowest BCUT2D eigenvalue weighted by Crippen LogP contribution is -2.57. The predicted molar refractivity (Wildman–Crippen MR) is 110 cm³/mol. The number of carbonyl (C=O) groups is 1. The topological polar surface area (TPSA) is 104 Å². The van der Waals surface area contributed by atoms with E-state index in [0.717, 1.165) is 17.9 Å². The van der Waals surface area contributed by atoms with E-state index in [4.69, 9.17) is 23.7 Å². The minimum atomic E-state index is -1.24. The molecule has 8 nitrogen and oxygen atoms in total. The first kappa shape index (κ1) is 23.6. The zero-order valence-corrected chi connectivity index (χ0v) is 19.2. The van der Waals surface area contributed by atoms with Crippen LogP contribution in [-0.2, 0) is 28.5 Å². The average molecular weight is 453 g/mol. The van der Waals surface area contributed by atoms with Gasteiger partial charge in [0.25, 0.3) is 0 Å². The molecule has 168 valence electrons. The van der Waals surface area contributed by atoms with Gasteiger partial charge in [0.05, 0.1) is 13.2 Å². The SMILES string of the molecule is CCOC(=O)C1([C@H](O)[C@H]2OC(C)(C)O[C@@H]2[C@H](O)[C@H]2COC(C)(C)O2)SCCCS1. The normalized spacial score (nSPS) is 35.2. The Bertz CT molecular complexity index is 593. The van der Waals surface area contributed by atoms with Gasteiger partial charge in [-0.2, -0.15) is 0 Å². The highest BCUT2D eigenvalue weighted by molar-refractivity contribution is 8.20. The number of aliphatic hydroxyl groups excluding tert-OH is 2. The summed E-state index contributed by atoms with van der Waals surface area (Å²) in [6, 6.07) is 0. The van der Waals surface area contributed by atoms with E-state index in [9.17, 15) is 15.0 Å². The Kier molecular flexibility index (Phi) is 7.17. The minimum Gasteiger partial charge on any atom is -0.464 e. The molecule has 0 saturated carbocycles. The highest BCUT2D eigenvalue weighted by Crippen LogP contribution is 2.49. The molecule has 0 unspecified atom stereocenters. The Morgan fingerprint density at radius 2 is 1.69 bits per heavy atom. The first-order chi connectivity index (χ1) is 13.5. The molecule has 3 aliphatic rings. The summed E-state index contributed by atoms with van der Waals surface area (Å²) in [6.45, 7) is 9.13. The van der Waals surface area contributed by atoms with Crippen molar-refractivity contribution in [2.45, 2.75) is 87.2 Å². The first-order valence-corrected chi connectivity index (χ1v) is 12.0. The summed E-state index contributed by atoms with van der Waals surface area (Å²) < 4.78 is 27.4. The third kappa shape index (κ3) is 4.90. The van der Waals surface area contributed by atoms with Crippen LogP contribution in [-0.4, -0.2) is 87.1 Å². The van der Waals surface area contributed by atoms with Gasteiger partial charge >= 0.3 is 5.97 Å². The quantitative estimate of drug-likeness (QED) is 0.576. The van der Waals surface area contributed by atoms with Crippen LogP contribution in [0.5, 0.6) is 0 Å². The van der Waals surface area contributed by atoms with Crippen LogP contribution in [0.2, 0.25) is 0 Å². The van der Waals surface area contributed by atoms with Gasteiger partial charge in [0.15, 0.2) is 15.7 Å². The van der Waals surface area contributed by atoms with Crippen molar-refractivity contribution in [1.29, 1.82) is 0 Å². The molecule has 3 rings (SSSR count). The number of aliphatic hydroxyl groups is 2. The maximum Gasteiger partial charge on any atom is 0.335 e. The van der Waals surface area contributed by atoms with E-state index in [2.05, 4.69) is 0 Å². The molecule has 5 atom stereocenters. The third-order valence-corrected chi connectivity index (χ3v) is 8.46. The highest BCUT2D eigenvalue weighted by atomic mass is 32.2. The second-order valence-electron chi connectivity index (χ2n) is 8.31. The van der Waals surface area contributed by atoms with E-state index in [-0.39, 0.29) is 13.2 Å². The second-order valence-corrected chi connectivity index (χ2v) is 11.2. The van der Waals surface area contributed by atoms with Crippen molar-refractivity contribution in [2.75, 3.05) is 24.7 Å². The molecular formula is C19H32O8S2. The smallest absolute Gasteiger partial charge is 0.335 e. The van der Waals surface area contributed by atoms with E-state index in [1.54, 1.807) is 34.6 Å². The van der Waals surface area contributed by atoms with Crippen molar-refractivity contribution in [3.8, 4) is 0 Å². The number of carbonyl (C=O) groups excluding carboxylic acids is 1. The van der Waals surface area contributed by atoms with Crippen LogP contribution in [0.15, 0.2) is 0 Å².